The van der Waals surface area contributed by atoms with Gasteiger partial charge in [-0.3, -0.25) is 0 Å². The third kappa shape index (κ3) is 6.68. The van der Waals surface area contributed by atoms with Gasteiger partial charge in [-0.05, 0) is 0 Å². The summed E-state index contributed by atoms with van der Waals surface area (Å²) in [5, 5.41) is 10.6. The van der Waals surface area contributed by atoms with Crippen LogP contribution in [0.4, 0.5) is 0 Å². The normalized spacial score (nSPS) is 13.0. The second-order valence-electron chi connectivity index (χ2n) is 12.3. The zero-order chi connectivity index (χ0) is 25.7. The molecule has 1 nitrogen and oxygen atoms in total. The molecule has 0 aliphatic carbocycles. The van der Waals surface area contributed by atoms with Crippen molar-refractivity contribution >= 4 is 18.4 Å². The van der Waals surface area contributed by atoms with Gasteiger partial charge in [0.25, 0.3) is 0 Å². The van der Waals surface area contributed by atoms with Crippen molar-refractivity contribution in [2.75, 3.05) is 6.61 Å². The van der Waals surface area contributed by atoms with E-state index >= 15 is 0 Å². The summed E-state index contributed by atoms with van der Waals surface area (Å²) in [5.41, 5.74) is 4.16. The molecule has 186 valence electrons. The van der Waals surface area contributed by atoms with E-state index in [1.165, 1.54) is 16.7 Å². The number of hydrogen-bond acceptors (Lipinski definition) is 1. The Kier molecular flexibility index (Phi) is 8.76. The predicted octanol–water partition coefficient (Wildman–Crippen LogP) is 8.46. The van der Waals surface area contributed by atoms with Gasteiger partial charge in [0.05, 0.1) is 0 Å². The van der Waals surface area contributed by atoms with Crippen molar-refractivity contribution < 1.29 is 5.11 Å². The van der Waals surface area contributed by atoms with Gasteiger partial charge in [0.2, 0.25) is 0 Å². The molecule has 0 bridgehead atoms. The quantitative estimate of drug-likeness (QED) is 0.228. The fourth-order valence-corrected chi connectivity index (χ4v) is 26.6. The van der Waals surface area contributed by atoms with Crippen molar-refractivity contribution in [3.63, 3.8) is 0 Å². The maximum atomic E-state index is 10.6. The van der Waals surface area contributed by atoms with Crippen molar-refractivity contribution in [2.45, 2.75) is 71.1 Å². The molecule has 0 fully saturated rings. The number of rotatable bonds is 11. The Labute approximate surface area is 218 Å². The number of aliphatic hydroxyl groups excluding tert-OH is 1. The van der Waals surface area contributed by atoms with E-state index in [9.17, 15) is 5.11 Å². The van der Waals surface area contributed by atoms with E-state index in [-0.39, 0.29) is 22.9 Å². The van der Waals surface area contributed by atoms with Crippen LogP contribution in [0.25, 0.3) is 0 Å². The first-order valence-electron chi connectivity index (χ1n) is 12.9. The van der Waals surface area contributed by atoms with E-state index in [1.807, 2.05) is 0 Å². The molecular weight excluding hydrogens is 531 g/mol. The summed E-state index contributed by atoms with van der Waals surface area (Å²) >= 11 is -3.34. The van der Waals surface area contributed by atoms with E-state index in [0.717, 1.165) is 16.9 Å². The van der Waals surface area contributed by atoms with Gasteiger partial charge in [0.15, 0.2) is 0 Å². The Balaban J connectivity index is 2.14. The first kappa shape index (κ1) is 27.7. The average molecular weight is 575 g/mol. The fraction of sp³-hybridized carbons (Fsp3) is 0.394. The maximum absolute atomic E-state index is 10.6. The Morgan fingerprint density at radius 2 is 0.829 bits per heavy atom. The number of hydrogen-bond donors (Lipinski definition) is 1. The molecule has 0 radical (unpaired) electrons. The van der Waals surface area contributed by atoms with E-state index in [1.54, 1.807) is 0 Å². The third-order valence-electron chi connectivity index (χ3n) is 7.95. The second-order valence-corrected chi connectivity index (χ2v) is 24.7. The van der Waals surface area contributed by atoms with E-state index < -0.39 is 18.4 Å². The van der Waals surface area contributed by atoms with Crippen LogP contribution in [0.5, 0.6) is 0 Å². The third-order valence-corrected chi connectivity index (χ3v) is 26.0. The molecule has 0 aliphatic heterocycles. The summed E-state index contributed by atoms with van der Waals surface area (Å²) in [5.74, 6) is 0. The van der Waals surface area contributed by atoms with Crippen LogP contribution in [0.2, 0.25) is 13.3 Å². The molecule has 2 heteroatoms. The molecule has 3 aromatic rings. The van der Waals surface area contributed by atoms with Crippen molar-refractivity contribution in [3.05, 3.63) is 118 Å². The molecule has 3 aromatic carbocycles. The molecule has 0 atom stereocenters. The van der Waals surface area contributed by atoms with E-state index in [2.05, 4.69) is 139 Å². The standard InChI is InChI=1S/3C10H13.C3H5O.Sn/c3*1-10(2,3)9-7-5-4-6-8-9;1-2-3-4;/h3*4-8H,1H2,2-3H3;4H,1,3H2;. The van der Waals surface area contributed by atoms with Gasteiger partial charge in [-0.25, -0.2) is 0 Å². The van der Waals surface area contributed by atoms with Crippen LogP contribution in [0, 0.1) is 0 Å². The Morgan fingerprint density at radius 1 is 0.571 bits per heavy atom. The van der Waals surface area contributed by atoms with Crippen LogP contribution < -0.4 is 0 Å². The van der Waals surface area contributed by atoms with Gasteiger partial charge in [0.1, 0.15) is 0 Å². The fourth-order valence-electron chi connectivity index (χ4n) is 6.24. The number of aliphatic hydroxyl groups is 1. The molecule has 0 amide bonds. The summed E-state index contributed by atoms with van der Waals surface area (Å²) in [6, 6.07) is 32.8. The monoisotopic (exact) mass is 576 g/mol. The first-order chi connectivity index (χ1) is 16.4. The SMILES string of the molecule is C=[C](CO)[Sn]([CH2]C(C)(C)c1ccccc1)([CH2]C(C)(C)c1ccccc1)[CH2]C(C)(C)c1ccccc1. The van der Waals surface area contributed by atoms with Crippen molar-refractivity contribution in [2.24, 2.45) is 0 Å². The molecule has 0 spiro atoms. The molecule has 0 aromatic heterocycles. The van der Waals surface area contributed by atoms with Crippen LogP contribution in [0.15, 0.2) is 101 Å². The van der Waals surface area contributed by atoms with E-state index in [4.69, 9.17) is 0 Å². The van der Waals surface area contributed by atoms with Gasteiger partial charge in [0, 0.05) is 0 Å². The summed E-state index contributed by atoms with van der Waals surface area (Å²) in [4.78, 5) is 0. The van der Waals surface area contributed by atoms with Crippen molar-refractivity contribution in [1.82, 2.24) is 0 Å². The topological polar surface area (TPSA) is 20.2 Å². The molecule has 35 heavy (non-hydrogen) atoms. The van der Waals surface area contributed by atoms with Gasteiger partial charge in [-0.1, -0.05) is 0 Å². The number of benzene rings is 3. The second kappa shape index (κ2) is 11.0. The van der Waals surface area contributed by atoms with Crippen LogP contribution in [-0.4, -0.2) is 30.1 Å². The summed E-state index contributed by atoms with van der Waals surface area (Å²) < 4.78 is 4.52. The molecule has 0 aliphatic rings. The predicted molar refractivity (Wildman–Crippen MR) is 155 cm³/mol. The molecule has 3 rings (SSSR count). The van der Waals surface area contributed by atoms with Gasteiger partial charge < -0.3 is 0 Å². The molecule has 0 saturated heterocycles. The average Bonchev–Trinajstić information content (AvgIpc) is 2.84. The molecule has 0 heterocycles. The summed E-state index contributed by atoms with van der Waals surface area (Å²) in [7, 11) is 0. The Hall–Kier alpha value is -1.84. The summed E-state index contributed by atoms with van der Waals surface area (Å²) in [6.45, 7) is 19.1. The zero-order valence-corrected chi connectivity index (χ0v) is 25.5. The van der Waals surface area contributed by atoms with E-state index in [0.29, 0.717) is 0 Å². The summed E-state index contributed by atoms with van der Waals surface area (Å²) in [6.07, 6.45) is 0. The van der Waals surface area contributed by atoms with Crippen LogP contribution in [0.3, 0.4) is 0 Å². The molecule has 0 saturated carbocycles. The molecule has 0 unspecified atom stereocenters. The Bertz CT molecular complexity index is 952. The first-order valence-corrected chi connectivity index (χ1v) is 20.4. The zero-order valence-electron chi connectivity index (χ0n) is 22.6. The minimum absolute atomic E-state index is 0.00891. The Morgan fingerprint density at radius 3 is 1.06 bits per heavy atom. The molecule has 1 N–H and O–H groups in total. The molecular formula is C33H44OSn. The van der Waals surface area contributed by atoms with Gasteiger partial charge in [-0.2, -0.15) is 0 Å². The van der Waals surface area contributed by atoms with Gasteiger partial charge in [-0.15, -0.1) is 0 Å². The minimum atomic E-state index is -3.34. The van der Waals surface area contributed by atoms with Crippen LogP contribution >= 0.6 is 0 Å². The van der Waals surface area contributed by atoms with Gasteiger partial charge >= 0.3 is 219 Å². The van der Waals surface area contributed by atoms with Crippen molar-refractivity contribution in [1.29, 1.82) is 0 Å². The van der Waals surface area contributed by atoms with Crippen molar-refractivity contribution in [3.8, 4) is 0 Å². The van der Waals surface area contributed by atoms with Crippen LogP contribution in [0.1, 0.15) is 58.2 Å². The van der Waals surface area contributed by atoms with Crippen LogP contribution in [-0.2, 0) is 16.2 Å².